The van der Waals surface area contributed by atoms with Gasteiger partial charge < -0.3 is 10.2 Å². The maximum absolute atomic E-state index is 12.7. The van der Waals surface area contributed by atoms with Crippen LogP contribution in [0, 0.1) is 13.8 Å². The van der Waals surface area contributed by atoms with E-state index < -0.39 is 0 Å². The Morgan fingerprint density at radius 1 is 1.10 bits per heavy atom. The van der Waals surface area contributed by atoms with Crippen molar-refractivity contribution in [3.8, 4) is 5.69 Å². The monoisotopic (exact) mass is 429 g/mol. The van der Waals surface area contributed by atoms with E-state index in [1.165, 1.54) is 22.9 Å². The third-order valence-corrected chi connectivity index (χ3v) is 5.91. The van der Waals surface area contributed by atoms with E-state index in [4.69, 9.17) is 0 Å². The van der Waals surface area contributed by atoms with Crippen LogP contribution >= 0.6 is 11.8 Å². The fourth-order valence-corrected chi connectivity index (χ4v) is 4.50. The maximum Gasteiger partial charge on any atom is 0.234 e. The van der Waals surface area contributed by atoms with Crippen molar-refractivity contribution < 1.29 is 9.59 Å². The molecule has 1 N–H and O–H groups in total. The predicted octanol–water partition coefficient (Wildman–Crippen LogP) is 2.25. The molecule has 0 radical (unpaired) electrons. The first-order chi connectivity index (χ1) is 14.3. The highest BCUT2D eigenvalue weighted by Gasteiger charge is 2.23. The first kappa shape index (κ1) is 22.4. The number of imidazole rings is 1. The van der Waals surface area contributed by atoms with Crippen LogP contribution in [-0.4, -0.2) is 75.7 Å². The zero-order valence-corrected chi connectivity index (χ0v) is 19.0. The van der Waals surface area contributed by atoms with Gasteiger partial charge in [-0.05, 0) is 51.0 Å². The number of hydrogen-bond donors (Lipinski definition) is 1. The van der Waals surface area contributed by atoms with Crippen molar-refractivity contribution in [3.63, 3.8) is 0 Å². The van der Waals surface area contributed by atoms with Gasteiger partial charge in [-0.3, -0.25) is 19.1 Å². The van der Waals surface area contributed by atoms with E-state index in [9.17, 15) is 9.59 Å². The highest BCUT2D eigenvalue weighted by molar-refractivity contribution is 7.99. The molecule has 0 atom stereocenters. The minimum Gasteiger partial charge on any atom is -0.353 e. The van der Waals surface area contributed by atoms with Gasteiger partial charge >= 0.3 is 0 Å². The molecule has 2 heterocycles. The number of piperazine rings is 1. The number of aryl methyl sites for hydroxylation is 2. The Kier molecular flexibility index (Phi) is 7.55. The van der Waals surface area contributed by atoms with Crippen molar-refractivity contribution in [2.45, 2.75) is 38.9 Å². The molecule has 8 heteroatoms. The van der Waals surface area contributed by atoms with E-state index in [0.717, 1.165) is 23.9 Å². The molecule has 0 bridgehead atoms. The number of nitrogens with zero attached hydrogens (tertiary/aromatic N) is 4. The Balaban J connectivity index is 1.50. The number of carbonyl (C=O) groups excluding carboxylic acids is 2. The van der Waals surface area contributed by atoms with E-state index in [-0.39, 0.29) is 17.9 Å². The lowest BCUT2D eigenvalue weighted by atomic mass is 10.1. The van der Waals surface area contributed by atoms with Crippen LogP contribution in [0.25, 0.3) is 5.69 Å². The second kappa shape index (κ2) is 10.1. The van der Waals surface area contributed by atoms with Gasteiger partial charge in [0.15, 0.2) is 5.16 Å². The summed E-state index contributed by atoms with van der Waals surface area (Å²) < 4.78 is 2.03. The van der Waals surface area contributed by atoms with Gasteiger partial charge in [0.05, 0.1) is 12.3 Å². The van der Waals surface area contributed by atoms with Crippen molar-refractivity contribution in [2.75, 3.05) is 38.5 Å². The molecular formula is C22H31N5O2S. The Bertz CT molecular complexity index is 867. The van der Waals surface area contributed by atoms with Crippen LogP contribution in [0.5, 0.6) is 0 Å². The number of amides is 2. The van der Waals surface area contributed by atoms with E-state index in [1.54, 1.807) is 6.20 Å². The number of hydrogen-bond acceptors (Lipinski definition) is 5. The molecule has 1 aliphatic heterocycles. The van der Waals surface area contributed by atoms with Crippen LogP contribution in [-0.2, 0) is 9.59 Å². The second-order valence-electron chi connectivity index (χ2n) is 8.09. The van der Waals surface area contributed by atoms with Gasteiger partial charge in [-0.25, -0.2) is 4.98 Å². The molecule has 1 aromatic heterocycles. The Morgan fingerprint density at radius 2 is 1.77 bits per heavy atom. The summed E-state index contributed by atoms with van der Waals surface area (Å²) in [5.74, 6) is 0.509. The number of nitrogens with one attached hydrogen (secondary N) is 1. The van der Waals surface area contributed by atoms with E-state index in [1.807, 2.05) is 29.5 Å². The SMILES string of the molecule is Cc1cc(C)cc(-n2ccnc2SCC(=O)N2CCN(CC(=O)NC(C)C)CC2)c1. The molecule has 0 aliphatic carbocycles. The molecule has 0 unspecified atom stereocenters. The molecule has 1 fully saturated rings. The van der Waals surface area contributed by atoms with Crippen molar-refractivity contribution in [1.29, 1.82) is 0 Å². The average molecular weight is 430 g/mol. The molecule has 0 spiro atoms. The molecule has 1 aliphatic rings. The normalized spacial score (nSPS) is 14.9. The highest BCUT2D eigenvalue weighted by atomic mass is 32.2. The lowest BCUT2D eigenvalue weighted by molar-refractivity contribution is -0.130. The summed E-state index contributed by atoms with van der Waals surface area (Å²) in [5.41, 5.74) is 3.46. The summed E-state index contributed by atoms with van der Waals surface area (Å²) in [6.07, 6.45) is 3.70. The number of rotatable bonds is 7. The molecule has 1 saturated heterocycles. The largest absolute Gasteiger partial charge is 0.353 e. The summed E-state index contributed by atoms with van der Waals surface area (Å²) in [5, 5.41) is 3.73. The van der Waals surface area contributed by atoms with Crippen LogP contribution in [0.2, 0.25) is 0 Å². The summed E-state index contributed by atoms with van der Waals surface area (Å²) in [6, 6.07) is 6.53. The van der Waals surface area contributed by atoms with E-state index >= 15 is 0 Å². The van der Waals surface area contributed by atoms with Crippen LogP contribution in [0.15, 0.2) is 35.7 Å². The molecule has 3 rings (SSSR count). The van der Waals surface area contributed by atoms with Gasteiger partial charge in [-0.15, -0.1) is 0 Å². The predicted molar refractivity (Wildman–Crippen MR) is 120 cm³/mol. The van der Waals surface area contributed by atoms with Crippen LogP contribution in [0.1, 0.15) is 25.0 Å². The fraction of sp³-hybridized carbons (Fsp3) is 0.500. The van der Waals surface area contributed by atoms with Crippen molar-refractivity contribution >= 4 is 23.6 Å². The van der Waals surface area contributed by atoms with Crippen LogP contribution in [0.4, 0.5) is 0 Å². The molecule has 162 valence electrons. The van der Waals surface area contributed by atoms with Crippen molar-refractivity contribution in [1.82, 2.24) is 24.7 Å². The molecular weight excluding hydrogens is 398 g/mol. The Labute approximate surface area is 182 Å². The number of benzene rings is 1. The summed E-state index contributed by atoms with van der Waals surface area (Å²) in [7, 11) is 0. The fourth-order valence-electron chi connectivity index (χ4n) is 3.63. The zero-order valence-electron chi connectivity index (χ0n) is 18.2. The van der Waals surface area contributed by atoms with Gasteiger partial charge in [0.25, 0.3) is 0 Å². The first-order valence-electron chi connectivity index (χ1n) is 10.4. The quantitative estimate of drug-likeness (QED) is 0.684. The van der Waals surface area contributed by atoms with Gasteiger partial charge in [-0.2, -0.15) is 0 Å². The first-order valence-corrected chi connectivity index (χ1v) is 11.3. The van der Waals surface area contributed by atoms with Crippen LogP contribution in [0.3, 0.4) is 0 Å². The molecule has 1 aromatic carbocycles. The summed E-state index contributed by atoms with van der Waals surface area (Å²) in [4.78, 5) is 33.0. The highest BCUT2D eigenvalue weighted by Crippen LogP contribution is 2.22. The molecule has 30 heavy (non-hydrogen) atoms. The van der Waals surface area contributed by atoms with Crippen LogP contribution < -0.4 is 5.32 Å². The third kappa shape index (κ3) is 6.09. The number of carbonyl (C=O) groups is 2. The van der Waals surface area contributed by atoms with Gasteiger partial charge in [0.2, 0.25) is 11.8 Å². The van der Waals surface area contributed by atoms with Gasteiger partial charge in [0.1, 0.15) is 0 Å². The van der Waals surface area contributed by atoms with E-state index in [2.05, 4.69) is 47.2 Å². The van der Waals surface area contributed by atoms with Gasteiger partial charge in [-0.1, -0.05) is 17.8 Å². The maximum atomic E-state index is 12.7. The molecule has 2 aromatic rings. The lowest BCUT2D eigenvalue weighted by Crippen LogP contribution is -2.52. The molecule has 0 saturated carbocycles. The minimum atomic E-state index is 0.0403. The number of thioether (sulfide) groups is 1. The Hall–Kier alpha value is -2.32. The lowest BCUT2D eigenvalue weighted by Gasteiger charge is -2.34. The molecule has 2 amide bonds. The number of aromatic nitrogens is 2. The Morgan fingerprint density at radius 3 is 2.40 bits per heavy atom. The minimum absolute atomic E-state index is 0.0403. The standard InChI is InChI=1S/C22H31N5O2S/c1-16(2)24-20(28)14-25-7-9-26(10-8-25)21(29)15-30-22-23-5-6-27(22)19-12-17(3)11-18(4)13-19/h5-6,11-13,16H,7-10,14-15H2,1-4H3,(H,24,28). The summed E-state index contributed by atoms with van der Waals surface area (Å²) >= 11 is 1.46. The molecule has 7 nitrogen and oxygen atoms in total. The van der Waals surface area contributed by atoms with Crippen molar-refractivity contribution in [2.24, 2.45) is 0 Å². The van der Waals surface area contributed by atoms with Gasteiger partial charge in [0, 0.05) is 50.3 Å². The third-order valence-electron chi connectivity index (χ3n) is 4.96. The average Bonchev–Trinajstić information content (AvgIpc) is 3.14. The van der Waals surface area contributed by atoms with Crippen molar-refractivity contribution in [3.05, 3.63) is 41.7 Å². The topological polar surface area (TPSA) is 70.5 Å². The zero-order chi connectivity index (χ0) is 21.7. The van der Waals surface area contributed by atoms with E-state index in [0.29, 0.717) is 25.4 Å². The smallest absolute Gasteiger partial charge is 0.234 e. The summed E-state index contributed by atoms with van der Waals surface area (Å²) in [6.45, 7) is 11.2. The second-order valence-corrected chi connectivity index (χ2v) is 9.04.